The Morgan fingerprint density at radius 1 is 1.26 bits per heavy atom. The van der Waals surface area contributed by atoms with Gasteiger partial charge in [0.25, 0.3) is 5.91 Å². The Morgan fingerprint density at radius 3 is 2.87 bits per heavy atom. The third-order valence-corrected chi connectivity index (χ3v) is 5.63. The molecule has 0 radical (unpaired) electrons. The predicted octanol–water partition coefficient (Wildman–Crippen LogP) is 0.584. The number of carbonyl (C=O) groups is 1. The van der Waals surface area contributed by atoms with Crippen molar-refractivity contribution in [2.45, 2.75) is 19.1 Å². The van der Waals surface area contributed by atoms with Crippen molar-refractivity contribution in [2.24, 2.45) is 0 Å². The minimum Gasteiger partial charge on any atom is -0.504 e. The highest BCUT2D eigenvalue weighted by molar-refractivity contribution is 7.16. The maximum absolute atomic E-state index is 12.6. The number of fused-ring (bicyclic) bond motifs is 3. The SMILES string of the molecule is C[NH+]1CCc2c(sc3c2C(=O)N[C@@H](c2ccc(O)c(O)c2)N3)C1. The monoisotopic (exact) mass is 332 g/mol. The summed E-state index contributed by atoms with van der Waals surface area (Å²) in [5.74, 6) is -0.442. The second kappa shape index (κ2) is 5.14. The highest BCUT2D eigenvalue weighted by Crippen LogP contribution is 2.39. The number of quaternary nitrogens is 1. The van der Waals surface area contributed by atoms with Crippen LogP contribution in [0.2, 0.25) is 0 Å². The van der Waals surface area contributed by atoms with Crippen LogP contribution in [0.15, 0.2) is 18.2 Å². The first-order valence-electron chi connectivity index (χ1n) is 7.58. The number of phenolic OH excluding ortho intramolecular Hbond substituents is 2. The van der Waals surface area contributed by atoms with Crippen LogP contribution in [-0.2, 0) is 13.0 Å². The molecule has 2 atom stereocenters. The van der Waals surface area contributed by atoms with Crippen LogP contribution in [0.4, 0.5) is 5.00 Å². The molecule has 1 amide bonds. The van der Waals surface area contributed by atoms with Crippen molar-refractivity contribution < 1.29 is 19.9 Å². The van der Waals surface area contributed by atoms with E-state index < -0.39 is 6.17 Å². The molecule has 2 aromatic rings. The molecule has 3 heterocycles. The van der Waals surface area contributed by atoms with Gasteiger partial charge in [-0.3, -0.25) is 4.79 Å². The molecule has 1 aromatic carbocycles. The van der Waals surface area contributed by atoms with Crippen molar-refractivity contribution in [3.63, 3.8) is 0 Å². The lowest BCUT2D eigenvalue weighted by molar-refractivity contribution is -0.895. The number of thiophene rings is 1. The molecule has 2 aliphatic rings. The van der Waals surface area contributed by atoms with Gasteiger partial charge in [-0.05, 0) is 23.3 Å². The lowest BCUT2D eigenvalue weighted by Gasteiger charge is -2.27. The van der Waals surface area contributed by atoms with Crippen molar-refractivity contribution in [3.05, 3.63) is 39.8 Å². The first kappa shape index (κ1) is 14.3. The summed E-state index contributed by atoms with van der Waals surface area (Å²) in [5.41, 5.74) is 2.65. The van der Waals surface area contributed by atoms with Gasteiger partial charge in [-0.2, -0.15) is 0 Å². The standard InChI is InChI=1S/C16H17N3O3S/c1-19-5-4-9-12(7-19)23-16-13(9)15(22)17-14(18-16)8-2-3-10(20)11(21)6-8/h2-3,6,14,18,20-21H,4-5,7H2,1H3,(H,17,22)/p+1/t14-/m1/s1. The van der Waals surface area contributed by atoms with Crippen LogP contribution in [0.25, 0.3) is 0 Å². The van der Waals surface area contributed by atoms with E-state index in [2.05, 4.69) is 17.7 Å². The normalized spacial score (nSPS) is 22.7. The van der Waals surface area contributed by atoms with E-state index in [4.69, 9.17) is 0 Å². The highest BCUT2D eigenvalue weighted by atomic mass is 32.1. The molecule has 120 valence electrons. The number of nitrogens with one attached hydrogen (secondary N) is 3. The van der Waals surface area contributed by atoms with Crippen molar-refractivity contribution >= 4 is 22.2 Å². The molecular formula is C16H18N3O3S+. The van der Waals surface area contributed by atoms with E-state index >= 15 is 0 Å². The summed E-state index contributed by atoms with van der Waals surface area (Å²) in [7, 11) is 2.16. The summed E-state index contributed by atoms with van der Waals surface area (Å²) in [4.78, 5) is 15.3. The van der Waals surface area contributed by atoms with Crippen LogP contribution >= 0.6 is 11.3 Å². The fraction of sp³-hybridized carbons (Fsp3) is 0.312. The Hall–Kier alpha value is -2.25. The van der Waals surface area contributed by atoms with Crippen LogP contribution < -0.4 is 15.5 Å². The van der Waals surface area contributed by atoms with E-state index in [-0.39, 0.29) is 17.4 Å². The van der Waals surface area contributed by atoms with Crippen molar-refractivity contribution in [3.8, 4) is 11.5 Å². The summed E-state index contributed by atoms with van der Waals surface area (Å²) >= 11 is 1.65. The fourth-order valence-electron chi connectivity index (χ4n) is 3.22. The molecule has 0 saturated carbocycles. The number of likely N-dealkylation sites (N-methyl/N-ethyl adjacent to an activating group) is 1. The Bertz CT molecular complexity index is 802. The molecule has 7 heteroatoms. The van der Waals surface area contributed by atoms with Gasteiger partial charge in [-0.25, -0.2) is 0 Å². The van der Waals surface area contributed by atoms with Gasteiger partial charge in [0.15, 0.2) is 11.5 Å². The largest absolute Gasteiger partial charge is 0.504 e. The number of phenols is 2. The van der Waals surface area contributed by atoms with E-state index in [0.29, 0.717) is 5.56 Å². The van der Waals surface area contributed by atoms with Crippen LogP contribution in [0.1, 0.15) is 32.5 Å². The number of hydrogen-bond acceptors (Lipinski definition) is 5. The van der Waals surface area contributed by atoms with Crippen LogP contribution in [0.5, 0.6) is 11.5 Å². The Morgan fingerprint density at radius 2 is 2.09 bits per heavy atom. The lowest BCUT2D eigenvalue weighted by atomic mass is 10.0. The number of benzene rings is 1. The van der Waals surface area contributed by atoms with Crippen molar-refractivity contribution in [1.82, 2.24) is 5.32 Å². The Labute approximate surface area is 137 Å². The highest BCUT2D eigenvalue weighted by Gasteiger charge is 2.33. The number of amides is 1. The average molecular weight is 332 g/mol. The molecule has 0 aliphatic carbocycles. The second-order valence-corrected chi connectivity index (χ2v) is 7.25. The maximum atomic E-state index is 12.6. The quantitative estimate of drug-likeness (QED) is 0.495. The molecule has 0 spiro atoms. The average Bonchev–Trinajstić information content (AvgIpc) is 2.87. The second-order valence-electron chi connectivity index (χ2n) is 6.14. The van der Waals surface area contributed by atoms with Gasteiger partial charge in [0.2, 0.25) is 0 Å². The van der Waals surface area contributed by atoms with Crippen LogP contribution in [-0.4, -0.2) is 29.7 Å². The van der Waals surface area contributed by atoms with Gasteiger partial charge >= 0.3 is 0 Å². The first-order chi connectivity index (χ1) is 11.0. The molecule has 1 aromatic heterocycles. The third kappa shape index (κ3) is 2.32. The Balaban J connectivity index is 1.70. The number of hydrogen-bond donors (Lipinski definition) is 5. The molecule has 0 saturated heterocycles. The van der Waals surface area contributed by atoms with E-state index in [1.54, 1.807) is 17.4 Å². The van der Waals surface area contributed by atoms with E-state index in [9.17, 15) is 15.0 Å². The zero-order valence-corrected chi connectivity index (χ0v) is 13.5. The number of carbonyl (C=O) groups excluding carboxylic acids is 1. The molecule has 5 N–H and O–H groups in total. The molecule has 1 unspecified atom stereocenters. The smallest absolute Gasteiger partial charge is 0.256 e. The van der Waals surface area contributed by atoms with E-state index in [1.165, 1.54) is 27.5 Å². The molecule has 0 fully saturated rings. The molecule has 2 aliphatic heterocycles. The minimum atomic E-state index is -0.410. The van der Waals surface area contributed by atoms with Crippen molar-refractivity contribution in [1.29, 1.82) is 0 Å². The predicted molar refractivity (Wildman–Crippen MR) is 87.1 cm³/mol. The van der Waals surface area contributed by atoms with Gasteiger partial charge in [0.05, 0.1) is 24.0 Å². The number of anilines is 1. The summed E-state index contributed by atoms with van der Waals surface area (Å²) in [6.45, 7) is 1.99. The van der Waals surface area contributed by atoms with E-state index in [1.807, 2.05) is 0 Å². The number of aromatic hydroxyl groups is 2. The molecule has 4 rings (SSSR count). The first-order valence-corrected chi connectivity index (χ1v) is 8.39. The molecule has 6 nitrogen and oxygen atoms in total. The fourth-order valence-corrected chi connectivity index (χ4v) is 4.61. The van der Waals surface area contributed by atoms with Crippen LogP contribution in [0.3, 0.4) is 0 Å². The molecule has 23 heavy (non-hydrogen) atoms. The molecular weight excluding hydrogens is 314 g/mol. The van der Waals surface area contributed by atoms with Gasteiger partial charge in [0.1, 0.15) is 17.7 Å². The molecule has 0 bridgehead atoms. The lowest BCUT2D eigenvalue weighted by Crippen LogP contribution is -3.08. The maximum Gasteiger partial charge on any atom is 0.256 e. The minimum absolute atomic E-state index is 0.0756. The van der Waals surface area contributed by atoms with Gasteiger partial charge in [-0.1, -0.05) is 6.07 Å². The van der Waals surface area contributed by atoms with Crippen molar-refractivity contribution in [2.75, 3.05) is 18.9 Å². The zero-order chi connectivity index (χ0) is 16.1. The van der Waals surface area contributed by atoms with Gasteiger partial charge in [-0.15, -0.1) is 11.3 Å². The summed E-state index contributed by atoms with van der Waals surface area (Å²) < 4.78 is 0. The Kier molecular flexibility index (Phi) is 3.21. The summed E-state index contributed by atoms with van der Waals surface area (Å²) in [5, 5.41) is 26.3. The summed E-state index contributed by atoms with van der Waals surface area (Å²) in [6, 6.07) is 4.57. The third-order valence-electron chi connectivity index (χ3n) is 4.47. The van der Waals surface area contributed by atoms with Gasteiger partial charge in [0, 0.05) is 6.42 Å². The van der Waals surface area contributed by atoms with E-state index in [0.717, 1.165) is 30.1 Å². The summed E-state index contributed by atoms with van der Waals surface area (Å²) in [6.07, 6.45) is 0.513. The number of rotatable bonds is 1. The zero-order valence-electron chi connectivity index (χ0n) is 12.6. The van der Waals surface area contributed by atoms with Gasteiger partial charge < -0.3 is 25.7 Å². The van der Waals surface area contributed by atoms with Crippen LogP contribution in [0, 0.1) is 0 Å². The topological polar surface area (TPSA) is 86.0 Å².